The van der Waals surface area contributed by atoms with Crippen LogP contribution in [0.25, 0.3) is 0 Å². The summed E-state index contributed by atoms with van der Waals surface area (Å²) in [5.41, 5.74) is 0. The maximum absolute atomic E-state index is 9.26. The van der Waals surface area contributed by atoms with Gasteiger partial charge in [0.1, 0.15) is 1.41 Å². The average Bonchev–Trinajstić information content (AvgIpc) is 1.35. The molecule has 0 fully saturated rings. The summed E-state index contributed by atoms with van der Waals surface area (Å²) in [5, 5.41) is 0.882. The fourth-order valence-electron chi connectivity index (χ4n) is 0. The Kier molecular flexibility index (Phi) is 2.71. The van der Waals surface area contributed by atoms with Gasteiger partial charge in [-0.25, -0.2) is 5.13 Å². The molecule has 0 aliphatic heterocycles. The number of nitrogens with two attached hydrogens (primary N) is 1. The van der Waals surface area contributed by atoms with Crippen LogP contribution in [0.1, 0.15) is 0 Å². The van der Waals surface area contributed by atoms with Gasteiger partial charge in [0.15, 0.2) is 0 Å². The van der Waals surface area contributed by atoms with Gasteiger partial charge in [-0.1, -0.05) is 0 Å². The molecule has 0 aliphatic carbocycles. The molecular formula is H3CuNO3S. The summed E-state index contributed by atoms with van der Waals surface area (Å²) in [6, 6.07) is 0. The summed E-state index contributed by atoms with van der Waals surface area (Å²) in [4.78, 5) is 0. The van der Waals surface area contributed by atoms with Gasteiger partial charge >= 0.3 is 10.3 Å². The maximum atomic E-state index is 9.26. The Hall–Kier alpha value is 0.389. The molecule has 0 unspecified atom stereocenters. The maximum Gasteiger partial charge on any atom is 0.330 e. The zero-order valence-electron chi connectivity index (χ0n) is 3.47. The molecule has 43 valence electrons. The molecule has 0 aromatic heterocycles. The van der Waals surface area contributed by atoms with Crippen molar-refractivity contribution in [3.05, 3.63) is 0 Å². The van der Waals surface area contributed by atoms with Gasteiger partial charge in [-0.15, -0.1) is 0 Å². The van der Waals surface area contributed by atoms with E-state index in [4.69, 9.17) is 5.96 Å². The van der Waals surface area contributed by atoms with Crippen LogP contribution in [-0.2, 0) is 27.4 Å². The molecule has 0 saturated carbocycles. The number of hydrogen-bond donors (Lipinski definition) is 2. The summed E-state index contributed by atoms with van der Waals surface area (Å²) in [6.45, 7) is 0. The molecule has 0 heterocycles. The quantitative estimate of drug-likeness (QED) is 0.372. The Labute approximate surface area is 47.5 Å². The second-order valence-corrected chi connectivity index (χ2v) is 1.43. The standard InChI is InChI=1S/Cu.H3NO3S/c;1-5(2,3)4/h;(H3,1,2,3,4)/i/hD. The second-order valence-electron chi connectivity index (χ2n) is 0.475. The molecule has 4 nitrogen and oxygen atoms in total. The van der Waals surface area contributed by atoms with Crippen LogP contribution in [0.15, 0.2) is 0 Å². The van der Waals surface area contributed by atoms with Crippen molar-refractivity contribution in [2.75, 3.05) is 0 Å². The predicted octanol–water partition coefficient (Wildman–Crippen LogP) is -1.25. The Balaban J connectivity index is 0. The predicted molar refractivity (Wildman–Crippen MR) is 15.7 cm³/mol. The van der Waals surface area contributed by atoms with Gasteiger partial charge in [0, 0.05) is 17.1 Å². The Morgan fingerprint density at radius 3 is 2.00 bits per heavy atom. The van der Waals surface area contributed by atoms with Gasteiger partial charge in [-0.3, -0.25) is 4.55 Å². The molecule has 0 amide bonds. The van der Waals surface area contributed by atoms with Crippen molar-refractivity contribution in [3.8, 4) is 0 Å². The molecule has 6 heteroatoms. The third kappa shape index (κ3) is 332. The SMILES string of the molecule is [2H]NS(=O)(=O)O.[Cu]. The van der Waals surface area contributed by atoms with Gasteiger partial charge in [0.2, 0.25) is 0 Å². The molecule has 3 N–H and O–H groups in total. The molecule has 1 radical (unpaired) electrons. The fourth-order valence-corrected chi connectivity index (χ4v) is 0. The zero-order valence-corrected chi connectivity index (χ0v) is 4.23. The van der Waals surface area contributed by atoms with E-state index in [2.05, 4.69) is 0 Å². The largest absolute Gasteiger partial charge is 0.330 e. The first kappa shape index (κ1) is 6.39. The van der Waals surface area contributed by atoms with Crippen molar-refractivity contribution in [1.82, 2.24) is 0 Å². The number of rotatable bonds is 1. The minimum atomic E-state index is -4.25. The minimum Gasteiger partial charge on any atom is -0.274 e. The first-order valence-electron chi connectivity index (χ1n) is 1.22. The van der Waals surface area contributed by atoms with Crippen LogP contribution in [0, 0.1) is 0 Å². The van der Waals surface area contributed by atoms with Crippen LogP contribution in [0.2, 0.25) is 1.41 Å². The molecule has 0 saturated heterocycles. The minimum absolute atomic E-state index is 0. The van der Waals surface area contributed by atoms with E-state index in [0.717, 1.165) is 5.13 Å². The van der Waals surface area contributed by atoms with Crippen molar-refractivity contribution in [2.45, 2.75) is 0 Å². The van der Waals surface area contributed by atoms with Crippen LogP contribution in [0.3, 0.4) is 0 Å². The Morgan fingerprint density at radius 1 is 1.83 bits per heavy atom. The molecule has 0 atom stereocenters. The normalized spacial score (nSPS) is 11.8. The van der Waals surface area contributed by atoms with Crippen molar-refractivity contribution in [2.24, 2.45) is 5.13 Å². The van der Waals surface area contributed by atoms with E-state index in [1.807, 2.05) is 0 Å². The van der Waals surface area contributed by atoms with Crippen molar-refractivity contribution in [1.29, 1.82) is 0 Å². The topological polar surface area (TPSA) is 80.4 Å². The molecule has 0 aromatic carbocycles. The monoisotopic (exact) mass is 161 g/mol. The average molecular weight is 162 g/mol. The molecule has 0 bridgehead atoms. The van der Waals surface area contributed by atoms with E-state index in [0.29, 0.717) is 0 Å². The molecule has 0 aromatic rings. The molecule has 6 heavy (non-hydrogen) atoms. The van der Waals surface area contributed by atoms with Crippen molar-refractivity contribution in [3.63, 3.8) is 0 Å². The second kappa shape index (κ2) is 2.54. The van der Waals surface area contributed by atoms with Crippen LogP contribution in [0.4, 0.5) is 0 Å². The summed E-state index contributed by atoms with van der Waals surface area (Å²) >= 11 is 0. The molecule has 0 aliphatic rings. The number of hydrogen-bond acceptors (Lipinski definition) is 2. The van der Waals surface area contributed by atoms with E-state index >= 15 is 0 Å². The van der Waals surface area contributed by atoms with Gasteiger partial charge in [0.25, 0.3) is 0 Å². The summed E-state index contributed by atoms with van der Waals surface area (Å²) in [5.74, 6) is 0. The van der Waals surface area contributed by atoms with Gasteiger partial charge in [0.05, 0.1) is 0 Å². The fraction of sp³-hybridized carbons (Fsp3) is 0. The van der Waals surface area contributed by atoms with E-state index in [1.54, 1.807) is 0 Å². The molecule has 0 rings (SSSR count). The summed E-state index contributed by atoms with van der Waals surface area (Å²) < 4.78 is 31.8. The zero-order chi connectivity index (χ0) is 5.21. The van der Waals surface area contributed by atoms with Crippen LogP contribution < -0.4 is 5.13 Å². The van der Waals surface area contributed by atoms with Crippen molar-refractivity contribution < 1.29 is 31.5 Å². The first-order chi connectivity index (χ1) is 2.56. The van der Waals surface area contributed by atoms with E-state index in [-0.39, 0.29) is 17.1 Å². The van der Waals surface area contributed by atoms with E-state index in [1.165, 1.54) is 0 Å². The Bertz CT molecular complexity index is 117. The Morgan fingerprint density at radius 2 is 2.00 bits per heavy atom. The molecule has 0 spiro atoms. The third-order valence-corrected chi connectivity index (χ3v) is 0. The van der Waals surface area contributed by atoms with Gasteiger partial charge < -0.3 is 0 Å². The van der Waals surface area contributed by atoms with Gasteiger partial charge in [-0.05, 0) is 0 Å². The smallest absolute Gasteiger partial charge is 0.274 e. The summed E-state index contributed by atoms with van der Waals surface area (Å²) in [6.07, 6.45) is 0. The molecular weight excluding hydrogens is 158 g/mol. The van der Waals surface area contributed by atoms with Crippen molar-refractivity contribution >= 4 is 10.3 Å². The van der Waals surface area contributed by atoms with Gasteiger partial charge in [-0.2, -0.15) is 8.42 Å². The van der Waals surface area contributed by atoms with Crippen LogP contribution in [0.5, 0.6) is 0 Å². The van der Waals surface area contributed by atoms with Crippen LogP contribution >= 0.6 is 0 Å². The first-order valence-corrected chi connectivity index (χ1v) is 2.16. The van der Waals surface area contributed by atoms with Crippen LogP contribution in [-0.4, -0.2) is 13.0 Å². The summed E-state index contributed by atoms with van der Waals surface area (Å²) in [7, 11) is -4.25. The third-order valence-electron chi connectivity index (χ3n) is 0. The van der Waals surface area contributed by atoms with E-state index < -0.39 is 10.3 Å². The van der Waals surface area contributed by atoms with E-state index in [9.17, 15) is 8.42 Å².